The second kappa shape index (κ2) is 5.81. The Morgan fingerprint density at radius 1 is 1.06 bits per heavy atom. The van der Waals surface area contributed by atoms with Crippen LogP contribution in [0.5, 0.6) is 0 Å². The number of rotatable bonds is 5. The molecule has 0 spiro atoms. The maximum absolute atomic E-state index is 11.7. The monoisotopic (exact) mass is 227 g/mol. The van der Waals surface area contributed by atoms with E-state index in [9.17, 15) is 4.79 Å². The Morgan fingerprint density at radius 3 is 1.94 bits per heavy atom. The molecule has 0 amide bonds. The zero-order valence-electron chi connectivity index (χ0n) is 11.9. The molecule has 0 radical (unpaired) electrons. The highest BCUT2D eigenvalue weighted by Crippen LogP contribution is 2.23. The molecule has 0 saturated heterocycles. The zero-order valence-corrected chi connectivity index (χ0v) is 11.9. The van der Waals surface area contributed by atoms with Gasteiger partial charge in [-0.15, -0.1) is 0 Å². The summed E-state index contributed by atoms with van der Waals surface area (Å²) < 4.78 is 0. The van der Waals surface area contributed by atoms with Gasteiger partial charge in [0.15, 0.2) is 0 Å². The van der Waals surface area contributed by atoms with Crippen molar-refractivity contribution in [2.45, 2.75) is 73.3 Å². The van der Waals surface area contributed by atoms with Gasteiger partial charge in [0.1, 0.15) is 5.78 Å². The molecule has 0 rings (SSSR count). The molecule has 0 aromatic carbocycles. The van der Waals surface area contributed by atoms with E-state index in [-0.39, 0.29) is 16.9 Å². The third kappa shape index (κ3) is 10.2. The molecular formula is C14H29NO. The summed E-state index contributed by atoms with van der Waals surface area (Å²) in [6.45, 7) is 13.0. The summed E-state index contributed by atoms with van der Waals surface area (Å²) in [5.41, 5.74) is 6.43. The van der Waals surface area contributed by atoms with E-state index in [4.69, 9.17) is 5.73 Å². The topological polar surface area (TPSA) is 43.1 Å². The molecular weight excluding hydrogens is 198 g/mol. The third-order valence-corrected chi connectivity index (χ3v) is 2.52. The summed E-state index contributed by atoms with van der Waals surface area (Å²) >= 11 is 0. The summed E-state index contributed by atoms with van der Waals surface area (Å²) in [6, 6.07) is 0.0208. The fourth-order valence-electron chi connectivity index (χ4n) is 1.77. The van der Waals surface area contributed by atoms with Crippen molar-refractivity contribution in [1.29, 1.82) is 0 Å². The van der Waals surface area contributed by atoms with Crippen LogP contribution in [0, 0.1) is 10.8 Å². The smallest absolute Gasteiger partial charge is 0.134 e. The lowest BCUT2D eigenvalue weighted by molar-refractivity contribution is -0.120. The van der Waals surface area contributed by atoms with E-state index in [2.05, 4.69) is 41.5 Å². The quantitative estimate of drug-likeness (QED) is 0.780. The van der Waals surface area contributed by atoms with Crippen molar-refractivity contribution in [1.82, 2.24) is 0 Å². The van der Waals surface area contributed by atoms with Gasteiger partial charge in [-0.3, -0.25) is 4.79 Å². The minimum absolute atomic E-state index is 0.0208. The molecule has 1 atom stereocenters. The third-order valence-electron chi connectivity index (χ3n) is 2.52. The normalized spacial score (nSPS) is 14.9. The predicted molar refractivity (Wildman–Crippen MR) is 70.4 cm³/mol. The van der Waals surface area contributed by atoms with Crippen LogP contribution in [0.2, 0.25) is 0 Å². The lowest BCUT2D eigenvalue weighted by atomic mass is 9.85. The molecule has 1 unspecified atom stereocenters. The number of ketones is 1. The van der Waals surface area contributed by atoms with Crippen molar-refractivity contribution < 1.29 is 4.79 Å². The van der Waals surface area contributed by atoms with Gasteiger partial charge in [-0.25, -0.2) is 0 Å². The molecule has 2 nitrogen and oxygen atoms in total. The molecule has 0 fully saturated rings. The van der Waals surface area contributed by atoms with Gasteiger partial charge < -0.3 is 5.73 Å². The highest BCUT2D eigenvalue weighted by molar-refractivity contribution is 5.79. The largest absolute Gasteiger partial charge is 0.327 e. The average molecular weight is 227 g/mol. The molecule has 0 aromatic heterocycles. The van der Waals surface area contributed by atoms with Gasteiger partial charge in [0.25, 0.3) is 0 Å². The van der Waals surface area contributed by atoms with Crippen LogP contribution >= 0.6 is 0 Å². The first-order valence-corrected chi connectivity index (χ1v) is 6.27. The van der Waals surface area contributed by atoms with Gasteiger partial charge in [0.05, 0.1) is 0 Å². The van der Waals surface area contributed by atoms with E-state index in [0.717, 1.165) is 12.8 Å². The standard InChI is InChI=1S/C14H29NO/c1-13(2,3)8-7-12(16)9-11(15)10-14(4,5)6/h11H,7-10,15H2,1-6H3. The van der Waals surface area contributed by atoms with Crippen LogP contribution in [0.3, 0.4) is 0 Å². The Balaban J connectivity index is 3.88. The Labute approximate surface area is 101 Å². The van der Waals surface area contributed by atoms with Crippen molar-refractivity contribution in [2.75, 3.05) is 0 Å². The predicted octanol–water partition coefficient (Wildman–Crippen LogP) is 3.54. The first-order valence-electron chi connectivity index (χ1n) is 6.27. The van der Waals surface area contributed by atoms with Gasteiger partial charge >= 0.3 is 0 Å². The van der Waals surface area contributed by atoms with Crippen LogP contribution in [0.25, 0.3) is 0 Å². The Hall–Kier alpha value is -0.370. The van der Waals surface area contributed by atoms with Crippen LogP contribution in [-0.4, -0.2) is 11.8 Å². The molecule has 0 aliphatic carbocycles. The number of hydrogen-bond donors (Lipinski definition) is 1. The van der Waals surface area contributed by atoms with Gasteiger partial charge in [0.2, 0.25) is 0 Å². The minimum Gasteiger partial charge on any atom is -0.327 e. The number of hydrogen-bond acceptors (Lipinski definition) is 2. The molecule has 0 saturated carbocycles. The van der Waals surface area contributed by atoms with Gasteiger partial charge in [-0.1, -0.05) is 41.5 Å². The number of carbonyl (C=O) groups excluding carboxylic acids is 1. The Bertz CT molecular complexity index is 220. The van der Waals surface area contributed by atoms with E-state index in [1.807, 2.05) is 0 Å². The van der Waals surface area contributed by atoms with Crippen molar-refractivity contribution >= 4 is 5.78 Å². The molecule has 0 aliphatic heterocycles. The maximum Gasteiger partial charge on any atom is 0.134 e. The van der Waals surface area contributed by atoms with Crippen LogP contribution in [-0.2, 0) is 4.79 Å². The van der Waals surface area contributed by atoms with Gasteiger partial charge in [-0.05, 0) is 23.7 Å². The van der Waals surface area contributed by atoms with Crippen LogP contribution < -0.4 is 5.73 Å². The van der Waals surface area contributed by atoms with Gasteiger partial charge in [0, 0.05) is 18.9 Å². The van der Waals surface area contributed by atoms with Crippen LogP contribution in [0.4, 0.5) is 0 Å². The zero-order chi connectivity index (χ0) is 13.0. The molecule has 0 heterocycles. The lowest BCUT2D eigenvalue weighted by Gasteiger charge is -2.23. The summed E-state index contributed by atoms with van der Waals surface area (Å²) in [5.74, 6) is 0.312. The van der Waals surface area contributed by atoms with Crippen LogP contribution in [0.15, 0.2) is 0 Å². The number of carbonyl (C=O) groups is 1. The van der Waals surface area contributed by atoms with Crippen molar-refractivity contribution in [3.05, 3.63) is 0 Å². The van der Waals surface area contributed by atoms with E-state index < -0.39 is 0 Å². The van der Waals surface area contributed by atoms with E-state index in [0.29, 0.717) is 18.6 Å². The van der Waals surface area contributed by atoms with E-state index >= 15 is 0 Å². The Morgan fingerprint density at radius 2 is 1.56 bits per heavy atom. The molecule has 0 aliphatic rings. The SMILES string of the molecule is CC(C)(C)CCC(=O)CC(N)CC(C)(C)C. The molecule has 2 heteroatoms. The fourth-order valence-corrected chi connectivity index (χ4v) is 1.77. The highest BCUT2D eigenvalue weighted by Gasteiger charge is 2.19. The van der Waals surface area contributed by atoms with Crippen LogP contribution in [0.1, 0.15) is 67.2 Å². The molecule has 96 valence electrons. The van der Waals surface area contributed by atoms with Gasteiger partial charge in [-0.2, -0.15) is 0 Å². The fraction of sp³-hybridized carbons (Fsp3) is 0.929. The minimum atomic E-state index is 0.0208. The lowest BCUT2D eigenvalue weighted by Crippen LogP contribution is -2.29. The van der Waals surface area contributed by atoms with Crippen molar-refractivity contribution in [3.63, 3.8) is 0 Å². The maximum atomic E-state index is 11.7. The summed E-state index contributed by atoms with van der Waals surface area (Å²) in [5, 5.41) is 0. The second-order valence-electron chi connectivity index (χ2n) is 7.33. The van der Waals surface area contributed by atoms with Crippen molar-refractivity contribution in [3.8, 4) is 0 Å². The number of nitrogens with two attached hydrogens (primary N) is 1. The van der Waals surface area contributed by atoms with E-state index in [1.165, 1.54) is 0 Å². The second-order valence-corrected chi connectivity index (χ2v) is 7.33. The number of Topliss-reactive ketones (excluding diaryl/α,β-unsaturated/α-hetero) is 1. The molecule has 0 aromatic rings. The first-order chi connectivity index (χ1) is 6.99. The Kier molecular flexibility index (Phi) is 5.67. The average Bonchev–Trinajstić information content (AvgIpc) is 1.95. The first kappa shape index (κ1) is 15.6. The molecule has 16 heavy (non-hydrogen) atoms. The molecule has 0 bridgehead atoms. The highest BCUT2D eigenvalue weighted by atomic mass is 16.1. The molecule has 2 N–H and O–H groups in total. The summed E-state index contributed by atoms with van der Waals surface area (Å²) in [7, 11) is 0. The summed E-state index contributed by atoms with van der Waals surface area (Å²) in [6.07, 6.45) is 3.07. The summed E-state index contributed by atoms with van der Waals surface area (Å²) in [4.78, 5) is 11.7. The van der Waals surface area contributed by atoms with Crippen molar-refractivity contribution in [2.24, 2.45) is 16.6 Å². The van der Waals surface area contributed by atoms with E-state index in [1.54, 1.807) is 0 Å².